The quantitative estimate of drug-likeness (QED) is 0.630. The predicted octanol–water partition coefficient (Wildman–Crippen LogP) is 2.89. The van der Waals surface area contributed by atoms with Gasteiger partial charge in [-0.3, -0.25) is 4.79 Å². The first kappa shape index (κ1) is 16.9. The van der Waals surface area contributed by atoms with Crippen LogP contribution in [-0.2, 0) is 6.54 Å². The van der Waals surface area contributed by atoms with E-state index in [2.05, 4.69) is 15.4 Å². The second-order valence-electron chi connectivity index (χ2n) is 5.14. The van der Waals surface area contributed by atoms with Crippen molar-refractivity contribution in [3.05, 3.63) is 53.1 Å². The van der Waals surface area contributed by atoms with Crippen molar-refractivity contribution in [3.63, 3.8) is 0 Å². The molecule has 3 aromatic rings. The number of benzene rings is 2. The Kier molecular flexibility index (Phi) is 4.95. The number of aromatic nitrogens is 4. The summed E-state index contributed by atoms with van der Waals surface area (Å²) in [6, 6.07) is 12.1. The van der Waals surface area contributed by atoms with Crippen molar-refractivity contribution >= 4 is 17.4 Å². The molecule has 128 valence electrons. The lowest BCUT2D eigenvalue weighted by atomic mass is 10.1. The van der Waals surface area contributed by atoms with Gasteiger partial charge in [0.25, 0.3) is 0 Å². The molecule has 0 saturated carbocycles. The normalized spacial score (nSPS) is 10.5. The molecule has 2 aromatic carbocycles. The van der Waals surface area contributed by atoms with Crippen LogP contribution in [0.1, 0.15) is 10.4 Å². The first-order chi connectivity index (χ1) is 12.1. The predicted molar refractivity (Wildman–Crippen MR) is 92.1 cm³/mol. The number of Topliss-reactive ketones (excluding diaryl/α,β-unsaturated/α-hetero) is 1. The largest absolute Gasteiger partial charge is 0.497 e. The molecule has 8 heteroatoms. The number of ketones is 1. The highest BCUT2D eigenvalue weighted by Gasteiger charge is 2.16. The van der Waals surface area contributed by atoms with Crippen molar-refractivity contribution in [1.82, 2.24) is 20.2 Å². The topological polar surface area (TPSA) is 79.1 Å². The molecule has 1 heterocycles. The SMILES string of the molecule is COc1ccc(OC)c(C(=O)Cn2nnc(-c3cccc(Cl)c3)n2)c1. The number of nitrogens with zero attached hydrogens (tertiary/aromatic N) is 4. The van der Waals surface area contributed by atoms with E-state index in [9.17, 15) is 4.79 Å². The van der Waals surface area contributed by atoms with E-state index < -0.39 is 0 Å². The first-order valence-electron chi connectivity index (χ1n) is 7.39. The second-order valence-corrected chi connectivity index (χ2v) is 5.58. The van der Waals surface area contributed by atoms with Gasteiger partial charge in [-0.05, 0) is 35.5 Å². The molecule has 7 nitrogen and oxygen atoms in total. The van der Waals surface area contributed by atoms with E-state index in [0.717, 1.165) is 5.56 Å². The molecule has 0 atom stereocenters. The average molecular weight is 359 g/mol. The smallest absolute Gasteiger partial charge is 0.204 e. The summed E-state index contributed by atoms with van der Waals surface area (Å²) in [6.07, 6.45) is 0. The van der Waals surface area contributed by atoms with Gasteiger partial charge in [0.05, 0.1) is 19.8 Å². The van der Waals surface area contributed by atoms with Gasteiger partial charge in [-0.15, -0.1) is 10.2 Å². The third kappa shape index (κ3) is 3.77. The van der Waals surface area contributed by atoms with Crippen molar-refractivity contribution in [1.29, 1.82) is 0 Å². The number of carbonyl (C=O) groups excluding carboxylic acids is 1. The summed E-state index contributed by atoms with van der Waals surface area (Å²) in [7, 11) is 3.04. The maximum atomic E-state index is 12.6. The molecule has 0 fully saturated rings. The van der Waals surface area contributed by atoms with E-state index in [1.54, 1.807) is 36.4 Å². The van der Waals surface area contributed by atoms with E-state index in [4.69, 9.17) is 21.1 Å². The number of halogens is 1. The van der Waals surface area contributed by atoms with Crippen LogP contribution < -0.4 is 9.47 Å². The summed E-state index contributed by atoms with van der Waals surface area (Å²) in [6.45, 7) is -0.0723. The molecule has 0 spiro atoms. The monoisotopic (exact) mass is 358 g/mol. The summed E-state index contributed by atoms with van der Waals surface area (Å²) >= 11 is 5.97. The van der Waals surface area contributed by atoms with Crippen LogP contribution in [0.3, 0.4) is 0 Å². The van der Waals surface area contributed by atoms with Crippen molar-refractivity contribution in [2.45, 2.75) is 6.54 Å². The molecule has 0 aliphatic heterocycles. The lowest BCUT2D eigenvalue weighted by molar-refractivity contribution is 0.0958. The zero-order valence-corrected chi connectivity index (χ0v) is 14.4. The number of carbonyl (C=O) groups is 1. The Morgan fingerprint density at radius 2 is 2.00 bits per heavy atom. The molecule has 0 bridgehead atoms. The number of ether oxygens (including phenoxy) is 2. The van der Waals surface area contributed by atoms with E-state index >= 15 is 0 Å². The van der Waals surface area contributed by atoms with Crippen LogP contribution in [0.2, 0.25) is 5.02 Å². The van der Waals surface area contributed by atoms with Crippen molar-refractivity contribution < 1.29 is 14.3 Å². The molecule has 0 aliphatic carbocycles. The van der Waals surface area contributed by atoms with Gasteiger partial charge >= 0.3 is 0 Å². The molecular weight excluding hydrogens is 344 g/mol. The van der Waals surface area contributed by atoms with Crippen LogP contribution in [0.5, 0.6) is 11.5 Å². The minimum absolute atomic E-state index is 0.0723. The first-order valence-corrected chi connectivity index (χ1v) is 7.77. The van der Waals surface area contributed by atoms with Crippen LogP contribution in [-0.4, -0.2) is 40.2 Å². The number of tetrazole rings is 1. The fraction of sp³-hybridized carbons (Fsp3) is 0.176. The highest BCUT2D eigenvalue weighted by molar-refractivity contribution is 6.30. The van der Waals surface area contributed by atoms with Crippen LogP contribution in [0.15, 0.2) is 42.5 Å². The number of hydrogen-bond donors (Lipinski definition) is 0. The summed E-state index contributed by atoms with van der Waals surface area (Å²) in [5.74, 6) is 1.20. The number of methoxy groups -OCH3 is 2. The fourth-order valence-corrected chi connectivity index (χ4v) is 2.49. The van der Waals surface area contributed by atoms with E-state index in [1.165, 1.54) is 19.0 Å². The van der Waals surface area contributed by atoms with Crippen molar-refractivity contribution in [2.24, 2.45) is 0 Å². The molecule has 0 saturated heterocycles. The maximum Gasteiger partial charge on any atom is 0.204 e. The Morgan fingerprint density at radius 1 is 1.16 bits per heavy atom. The molecule has 0 N–H and O–H groups in total. The Bertz CT molecular complexity index is 910. The molecule has 0 amide bonds. The summed E-state index contributed by atoms with van der Waals surface area (Å²) in [5.41, 5.74) is 1.12. The highest BCUT2D eigenvalue weighted by atomic mass is 35.5. The van der Waals surface area contributed by atoms with Gasteiger partial charge in [-0.25, -0.2) is 0 Å². The van der Waals surface area contributed by atoms with Crippen molar-refractivity contribution in [3.8, 4) is 22.9 Å². The van der Waals surface area contributed by atoms with Gasteiger partial charge in [0.15, 0.2) is 5.78 Å². The molecule has 25 heavy (non-hydrogen) atoms. The van der Waals surface area contributed by atoms with E-state index in [1.807, 2.05) is 6.07 Å². The summed E-state index contributed by atoms with van der Waals surface area (Å²) < 4.78 is 10.4. The Hall–Kier alpha value is -2.93. The van der Waals surface area contributed by atoms with Crippen molar-refractivity contribution in [2.75, 3.05) is 14.2 Å². The third-order valence-corrected chi connectivity index (χ3v) is 3.76. The highest BCUT2D eigenvalue weighted by Crippen LogP contribution is 2.25. The number of hydrogen-bond acceptors (Lipinski definition) is 6. The van der Waals surface area contributed by atoms with Gasteiger partial charge in [-0.2, -0.15) is 4.80 Å². The third-order valence-electron chi connectivity index (χ3n) is 3.53. The molecule has 3 rings (SSSR count). The van der Waals surface area contributed by atoms with Gasteiger partial charge in [-0.1, -0.05) is 23.7 Å². The fourth-order valence-electron chi connectivity index (χ4n) is 2.30. The molecule has 0 unspecified atom stereocenters. The number of rotatable bonds is 6. The zero-order chi connectivity index (χ0) is 17.8. The minimum Gasteiger partial charge on any atom is -0.497 e. The van der Waals surface area contributed by atoms with Crippen LogP contribution >= 0.6 is 11.6 Å². The second kappa shape index (κ2) is 7.31. The summed E-state index contributed by atoms with van der Waals surface area (Å²) in [4.78, 5) is 13.8. The van der Waals surface area contributed by atoms with Gasteiger partial charge in [0.1, 0.15) is 18.0 Å². The molecular formula is C17H15ClN4O3. The van der Waals surface area contributed by atoms with Crippen LogP contribution in [0.4, 0.5) is 0 Å². The lowest BCUT2D eigenvalue weighted by Gasteiger charge is -2.09. The Balaban J connectivity index is 1.82. The van der Waals surface area contributed by atoms with Crippen LogP contribution in [0.25, 0.3) is 11.4 Å². The Morgan fingerprint density at radius 3 is 2.72 bits per heavy atom. The molecule has 1 aromatic heterocycles. The Labute approximate surface area is 149 Å². The minimum atomic E-state index is -0.217. The molecule has 0 aliphatic rings. The maximum absolute atomic E-state index is 12.6. The average Bonchev–Trinajstić information content (AvgIpc) is 3.09. The van der Waals surface area contributed by atoms with E-state index in [0.29, 0.717) is 27.9 Å². The van der Waals surface area contributed by atoms with Crippen LogP contribution in [0, 0.1) is 0 Å². The van der Waals surface area contributed by atoms with Gasteiger partial charge in [0.2, 0.25) is 5.82 Å². The van der Waals surface area contributed by atoms with Gasteiger partial charge < -0.3 is 9.47 Å². The lowest BCUT2D eigenvalue weighted by Crippen LogP contribution is -2.14. The summed E-state index contributed by atoms with van der Waals surface area (Å²) in [5, 5.41) is 12.7. The van der Waals surface area contributed by atoms with E-state index in [-0.39, 0.29) is 12.3 Å². The molecule has 0 radical (unpaired) electrons. The standard InChI is InChI=1S/C17H15ClN4O3/c1-24-13-6-7-16(25-2)14(9-13)15(23)10-22-20-17(19-21-22)11-4-3-5-12(18)8-11/h3-9H,10H2,1-2H3. The zero-order valence-electron chi connectivity index (χ0n) is 13.6. The van der Waals surface area contributed by atoms with Gasteiger partial charge in [0, 0.05) is 10.6 Å².